The molecule has 0 saturated heterocycles. The number of halogens is 1. The van der Waals surface area contributed by atoms with E-state index < -0.39 is 0 Å². The van der Waals surface area contributed by atoms with Crippen molar-refractivity contribution in [2.75, 3.05) is 6.54 Å². The van der Waals surface area contributed by atoms with Gasteiger partial charge in [-0.2, -0.15) is 0 Å². The zero-order valence-corrected chi connectivity index (χ0v) is 12.2. The highest BCUT2D eigenvalue weighted by molar-refractivity contribution is 5.10. The highest BCUT2D eigenvalue weighted by Crippen LogP contribution is 2.20. The lowest BCUT2D eigenvalue weighted by atomic mass is 9.98. The molecule has 0 fully saturated rings. The predicted octanol–water partition coefficient (Wildman–Crippen LogP) is 2.91. The van der Waals surface area contributed by atoms with E-state index in [0.717, 1.165) is 18.7 Å². The smallest absolute Gasteiger partial charge is 0.141 e. The van der Waals surface area contributed by atoms with E-state index >= 15 is 0 Å². The first-order valence-corrected chi connectivity index (χ1v) is 6.93. The Bertz CT molecular complexity index is 365. The average molecular weight is 268 g/mol. The van der Waals surface area contributed by atoms with Crippen LogP contribution in [0.4, 0.5) is 4.39 Å². The van der Waals surface area contributed by atoms with Gasteiger partial charge in [0.1, 0.15) is 5.82 Å². The van der Waals surface area contributed by atoms with Gasteiger partial charge in [-0.05, 0) is 43.9 Å². The number of hydrogen-bond acceptors (Lipinski definition) is 3. The summed E-state index contributed by atoms with van der Waals surface area (Å²) in [5.41, 5.74) is 0.862. The molecule has 0 aromatic carbocycles. The second-order valence-corrected chi connectivity index (χ2v) is 5.72. The van der Waals surface area contributed by atoms with E-state index in [-0.39, 0.29) is 18.0 Å². The van der Waals surface area contributed by atoms with Crippen LogP contribution < -0.4 is 5.32 Å². The van der Waals surface area contributed by atoms with Crippen LogP contribution in [0.15, 0.2) is 18.3 Å². The molecule has 3 atom stereocenters. The second kappa shape index (κ2) is 7.56. The number of nitrogens with one attached hydrogen (secondary N) is 1. The minimum atomic E-state index is -0.311. The summed E-state index contributed by atoms with van der Waals surface area (Å²) in [6, 6.07) is 3.28. The maximum Gasteiger partial charge on any atom is 0.141 e. The van der Waals surface area contributed by atoms with Crippen molar-refractivity contribution in [2.24, 2.45) is 11.8 Å². The molecule has 2 N–H and O–H groups in total. The fourth-order valence-corrected chi connectivity index (χ4v) is 2.25. The van der Waals surface area contributed by atoms with Crippen LogP contribution in [0.25, 0.3) is 0 Å². The van der Waals surface area contributed by atoms with Crippen molar-refractivity contribution in [1.82, 2.24) is 10.3 Å². The van der Waals surface area contributed by atoms with Crippen LogP contribution in [-0.4, -0.2) is 22.7 Å². The molecular weight excluding hydrogens is 243 g/mol. The minimum Gasteiger partial charge on any atom is -0.393 e. The van der Waals surface area contributed by atoms with Gasteiger partial charge in [0.2, 0.25) is 0 Å². The predicted molar refractivity (Wildman–Crippen MR) is 75.2 cm³/mol. The third-order valence-corrected chi connectivity index (χ3v) is 3.17. The third-order valence-electron chi connectivity index (χ3n) is 3.17. The molecule has 0 saturated carbocycles. The number of pyridine rings is 1. The summed E-state index contributed by atoms with van der Waals surface area (Å²) in [7, 11) is 0. The Morgan fingerprint density at radius 2 is 1.95 bits per heavy atom. The van der Waals surface area contributed by atoms with Crippen molar-refractivity contribution >= 4 is 0 Å². The lowest BCUT2D eigenvalue weighted by molar-refractivity contribution is 0.161. The second-order valence-electron chi connectivity index (χ2n) is 5.72. The molecule has 0 aliphatic rings. The molecule has 19 heavy (non-hydrogen) atoms. The molecule has 0 radical (unpaired) electrons. The molecule has 1 aromatic rings. The molecular formula is C15H25FN2O. The van der Waals surface area contributed by atoms with E-state index in [2.05, 4.69) is 31.1 Å². The molecule has 1 aromatic heterocycles. The number of aromatic nitrogens is 1. The molecule has 4 heteroatoms. The van der Waals surface area contributed by atoms with E-state index in [0.29, 0.717) is 11.8 Å². The van der Waals surface area contributed by atoms with E-state index in [1.54, 1.807) is 13.0 Å². The third kappa shape index (κ3) is 5.66. The quantitative estimate of drug-likeness (QED) is 0.799. The van der Waals surface area contributed by atoms with Gasteiger partial charge < -0.3 is 10.4 Å². The van der Waals surface area contributed by atoms with Gasteiger partial charge >= 0.3 is 0 Å². The summed E-state index contributed by atoms with van der Waals surface area (Å²) in [4.78, 5) is 4.15. The highest BCUT2D eigenvalue weighted by atomic mass is 19.1. The molecule has 0 amide bonds. The topological polar surface area (TPSA) is 45.1 Å². The van der Waals surface area contributed by atoms with Crippen LogP contribution in [-0.2, 0) is 0 Å². The Labute approximate surface area is 115 Å². The number of rotatable bonds is 7. The van der Waals surface area contributed by atoms with Crippen molar-refractivity contribution in [2.45, 2.75) is 46.3 Å². The number of nitrogens with zero attached hydrogens (tertiary/aromatic N) is 1. The maximum atomic E-state index is 12.9. The summed E-state index contributed by atoms with van der Waals surface area (Å²) < 4.78 is 12.9. The van der Waals surface area contributed by atoms with Crippen LogP contribution in [0, 0.1) is 17.7 Å². The van der Waals surface area contributed by atoms with Crippen molar-refractivity contribution in [1.29, 1.82) is 0 Å². The first-order chi connectivity index (χ1) is 8.90. The maximum absolute atomic E-state index is 12.9. The van der Waals surface area contributed by atoms with Crippen molar-refractivity contribution in [3.8, 4) is 0 Å². The summed E-state index contributed by atoms with van der Waals surface area (Å²) >= 11 is 0. The number of hydrogen-bond donors (Lipinski definition) is 2. The first-order valence-electron chi connectivity index (χ1n) is 6.93. The lowest BCUT2D eigenvalue weighted by Crippen LogP contribution is -2.31. The molecule has 1 heterocycles. The van der Waals surface area contributed by atoms with Crippen LogP contribution in [0.5, 0.6) is 0 Å². The molecule has 0 aliphatic carbocycles. The highest BCUT2D eigenvalue weighted by Gasteiger charge is 2.18. The molecule has 1 rings (SSSR count). The standard InChI is InChI=1S/C15H25FN2O/c1-10(2)15(14-6-5-13(16)9-17-14)18-8-11(3)7-12(4)19/h5-6,9-12,15,18-19H,7-8H2,1-4H3. The largest absolute Gasteiger partial charge is 0.393 e. The monoisotopic (exact) mass is 268 g/mol. The fourth-order valence-electron chi connectivity index (χ4n) is 2.25. The van der Waals surface area contributed by atoms with E-state index in [4.69, 9.17) is 0 Å². The summed E-state index contributed by atoms with van der Waals surface area (Å²) in [5.74, 6) is 0.451. The van der Waals surface area contributed by atoms with E-state index in [9.17, 15) is 9.50 Å². The molecule has 3 unspecified atom stereocenters. The van der Waals surface area contributed by atoms with Gasteiger partial charge in [0.25, 0.3) is 0 Å². The van der Waals surface area contributed by atoms with Gasteiger partial charge in [0.15, 0.2) is 0 Å². The first kappa shape index (κ1) is 16.1. The average Bonchev–Trinajstić information content (AvgIpc) is 2.30. The minimum absolute atomic E-state index is 0.108. The van der Waals surface area contributed by atoms with Crippen molar-refractivity contribution in [3.63, 3.8) is 0 Å². The number of aliphatic hydroxyl groups excluding tert-OH is 1. The van der Waals surface area contributed by atoms with Crippen LogP contribution in [0.1, 0.15) is 45.9 Å². The van der Waals surface area contributed by atoms with Gasteiger partial charge in [-0.25, -0.2) is 4.39 Å². The zero-order valence-electron chi connectivity index (χ0n) is 12.2. The van der Waals surface area contributed by atoms with Gasteiger partial charge in [-0.1, -0.05) is 20.8 Å². The normalized spacial score (nSPS) is 16.4. The molecule has 0 bridgehead atoms. The van der Waals surface area contributed by atoms with Crippen molar-refractivity contribution < 1.29 is 9.50 Å². The van der Waals surface area contributed by atoms with Crippen LogP contribution >= 0.6 is 0 Å². The molecule has 3 nitrogen and oxygen atoms in total. The van der Waals surface area contributed by atoms with Crippen LogP contribution in [0.3, 0.4) is 0 Å². The Morgan fingerprint density at radius 1 is 1.26 bits per heavy atom. The van der Waals surface area contributed by atoms with Gasteiger partial charge in [0, 0.05) is 0 Å². The van der Waals surface area contributed by atoms with Gasteiger partial charge in [-0.3, -0.25) is 4.98 Å². The fraction of sp³-hybridized carbons (Fsp3) is 0.667. The lowest BCUT2D eigenvalue weighted by Gasteiger charge is -2.24. The Balaban J connectivity index is 2.61. The summed E-state index contributed by atoms with van der Waals surface area (Å²) in [6.45, 7) is 8.95. The van der Waals surface area contributed by atoms with E-state index in [1.807, 2.05) is 0 Å². The molecule has 0 aliphatic heterocycles. The van der Waals surface area contributed by atoms with Crippen LogP contribution in [0.2, 0.25) is 0 Å². The summed E-state index contributed by atoms with van der Waals surface area (Å²) in [5, 5.41) is 12.8. The number of aliphatic hydroxyl groups is 1. The molecule has 0 spiro atoms. The SMILES string of the molecule is CC(O)CC(C)CNC(c1ccc(F)cn1)C(C)C. The Kier molecular flexibility index (Phi) is 6.38. The van der Waals surface area contributed by atoms with Gasteiger partial charge in [-0.15, -0.1) is 0 Å². The Morgan fingerprint density at radius 3 is 2.42 bits per heavy atom. The Hall–Kier alpha value is -1.00. The van der Waals surface area contributed by atoms with E-state index in [1.165, 1.54) is 12.3 Å². The van der Waals surface area contributed by atoms with Gasteiger partial charge in [0.05, 0.1) is 24.0 Å². The summed E-state index contributed by atoms with van der Waals surface area (Å²) in [6.07, 6.45) is 1.75. The molecule has 108 valence electrons. The van der Waals surface area contributed by atoms with Crippen molar-refractivity contribution in [3.05, 3.63) is 29.8 Å². The zero-order chi connectivity index (χ0) is 14.4.